The summed E-state index contributed by atoms with van der Waals surface area (Å²) in [6.07, 6.45) is 2.03. The normalized spacial score (nSPS) is 10.0. The molecule has 0 amide bonds. The highest BCUT2D eigenvalue weighted by molar-refractivity contribution is 7.98. The Hall–Kier alpha value is -1.43. The number of nitro groups is 1. The lowest BCUT2D eigenvalue weighted by Crippen LogP contribution is -2.05. The van der Waals surface area contributed by atoms with Crippen LogP contribution >= 0.6 is 11.8 Å². The first-order chi connectivity index (χ1) is 8.17. The summed E-state index contributed by atoms with van der Waals surface area (Å²) in [5.41, 5.74) is 1.66. The third-order valence-corrected chi connectivity index (χ3v) is 2.76. The molecule has 0 heterocycles. The zero-order valence-corrected chi connectivity index (χ0v) is 10.8. The highest BCUT2D eigenvalue weighted by atomic mass is 32.2. The molecule has 5 nitrogen and oxygen atoms in total. The van der Waals surface area contributed by atoms with E-state index in [-0.39, 0.29) is 10.6 Å². The number of thioether (sulfide) groups is 1. The Morgan fingerprint density at radius 2 is 1.94 bits per heavy atom. The Bertz CT molecular complexity index is 385. The second-order valence-corrected chi connectivity index (χ2v) is 4.46. The fourth-order valence-corrected chi connectivity index (χ4v) is 1.73. The molecule has 1 aromatic carbocycles. The number of hydrogen-bond donors (Lipinski definition) is 2. The molecule has 0 unspecified atom stereocenters. The monoisotopic (exact) mass is 255 g/mol. The molecule has 1 aromatic rings. The quantitative estimate of drug-likeness (QED) is 0.445. The SMILES string of the molecule is CCNc1cc(NCCSC)cc([N+](=O)[O-])c1. The molecule has 1 rings (SSSR count). The van der Waals surface area contributed by atoms with E-state index < -0.39 is 0 Å². The maximum Gasteiger partial charge on any atom is 0.273 e. The maximum absolute atomic E-state index is 10.8. The van der Waals surface area contributed by atoms with E-state index in [0.29, 0.717) is 0 Å². The average molecular weight is 255 g/mol. The third-order valence-electron chi connectivity index (χ3n) is 2.14. The van der Waals surface area contributed by atoms with Gasteiger partial charge in [0.25, 0.3) is 5.69 Å². The number of rotatable bonds is 7. The number of non-ortho nitro benzene ring substituents is 1. The zero-order chi connectivity index (χ0) is 12.7. The Kier molecular flexibility index (Phi) is 5.62. The highest BCUT2D eigenvalue weighted by Crippen LogP contribution is 2.24. The molecule has 94 valence electrons. The molecule has 0 spiro atoms. The van der Waals surface area contributed by atoms with Crippen molar-refractivity contribution in [2.45, 2.75) is 6.92 Å². The molecule has 0 atom stereocenters. The standard InChI is InChI=1S/C11H17N3O2S/c1-3-12-9-6-10(13-4-5-17-2)8-11(7-9)14(15)16/h6-8,12-13H,3-5H2,1-2H3. The molecule has 0 aliphatic carbocycles. The number of nitrogens with zero attached hydrogens (tertiary/aromatic N) is 1. The van der Waals surface area contributed by atoms with Crippen LogP contribution in [0.4, 0.5) is 17.1 Å². The van der Waals surface area contributed by atoms with E-state index in [9.17, 15) is 10.1 Å². The molecule has 0 saturated heterocycles. The first-order valence-corrected chi connectivity index (χ1v) is 6.83. The van der Waals surface area contributed by atoms with E-state index in [4.69, 9.17) is 0 Å². The van der Waals surface area contributed by atoms with E-state index in [0.717, 1.165) is 30.2 Å². The van der Waals surface area contributed by atoms with Gasteiger partial charge in [0.2, 0.25) is 0 Å². The summed E-state index contributed by atoms with van der Waals surface area (Å²) in [7, 11) is 0. The highest BCUT2D eigenvalue weighted by Gasteiger charge is 2.09. The Labute approximate surface area is 105 Å². The predicted molar refractivity (Wildman–Crippen MR) is 74.1 cm³/mol. The van der Waals surface area contributed by atoms with Gasteiger partial charge in [0.15, 0.2) is 0 Å². The van der Waals surface area contributed by atoms with E-state index in [1.807, 2.05) is 19.2 Å². The van der Waals surface area contributed by atoms with Crippen molar-refractivity contribution in [1.82, 2.24) is 0 Å². The van der Waals surface area contributed by atoms with Crippen LogP contribution in [0.15, 0.2) is 18.2 Å². The van der Waals surface area contributed by atoms with Gasteiger partial charge in [-0.25, -0.2) is 0 Å². The van der Waals surface area contributed by atoms with Gasteiger partial charge in [-0.15, -0.1) is 0 Å². The van der Waals surface area contributed by atoms with Crippen molar-refractivity contribution in [2.75, 3.05) is 35.7 Å². The van der Waals surface area contributed by atoms with Gasteiger partial charge in [-0.05, 0) is 19.2 Å². The lowest BCUT2D eigenvalue weighted by Gasteiger charge is -2.09. The number of anilines is 2. The number of hydrogen-bond acceptors (Lipinski definition) is 5. The molecule has 0 saturated carbocycles. The molecular formula is C11H17N3O2S. The van der Waals surface area contributed by atoms with Gasteiger partial charge in [-0.1, -0.05) is 0 Å². The summed E-state index contributed by atoms with van der Waals surface area (Å²) in [5, 5.41) is 17.0. The van der Waals surface area contributed by atoms with Crippen LogP contribution < -0.4 is 10.6 Å². The minimum absolute atomic E-state index is 0.107. The molecule has 0 bridgehead atoms. The van der Waals surface area contributed by atoms with Crippen molar-refractivity contribution >= 4 is 28.8 Å². The van der Waals surface area contributed by atoms with Crippen LogP contribution in [-0.4, -0.2) is 30.0 Å². The first-order valence-electron chi connectivity index (χ1n) is 5.43. The Morgan fingerprint density at radius 3 is 2.47 bits per heavy atom. The molecule has 17 heavy (non-hydrogen) atoms. The first kappa shape index (κ1) is 13.6. The van der Waals surface area contributed by atoms with Crippen molar-refractivity contribution in [3.8, 4) is 0 Å². The molecule has 0 aliphatic rings. The minimum atomic E-state index is -0.374. The van der Waals surface area contributed by atoms with Crippen LogP contribution in [0, 0.1) is 10.1 Å². The van der Waals surface area contributed by atoms with Gasteiger partial charge in [0, 0.05) is 42.3 Å². The average Bonchev–Trinajstić information content (AvgIpc) is 2.29. The largest absolute Gasteiger partial charge is 0.385 e. The number of nitrogens with one attached hydrogen (secondary N) is 2. The van der Waals surface area contributed by atoms with Crippen LogP contribution in [0.5, 0.6) is 0 Å². The summed E-state index contributed by atoms with van der Waals surface area (Å²) < 4.78 is 0. The molecular weight excluding hydrogens is 238 g/mol. The molecule has 6 heteroatoms. The van der Waals surface area contributed by atoms with E-state index in [1.165, 1.54) is 0 Å². The smallest absolute Gasteiger partial charge is 0.273 e. The fourth-order valence-electron chi connectivity index (χ4n) is 1.42. The third kappa shape index (κ3) is 4.52. The number of nitro benzene ring substituents is 1. The van der Waals surface area contributed by atoms with Crippen LogP contribution in [0.3, 0.4) is 0 Å². The van der Waals surface area contributed by atoms with E-state index >= 15 is 0 Å². The van der Waals surface area contributed by atoms with Crippen LogP contribution in [0.25, 0.3) is 0 Å². The van der Waals surface area contributed by atoms with Crippen LogP contribution in [-0.2, 0) is 0 Å². The molecule has 0 radical (unpaired) electrons. The lowest BCUT2D eigenvalue weighted by molar-refractivity contribution is -0.384. The summed E-state index contributed by atoms with van der Waals surface area (Å²) in [6, 6.07) is 4.99. The van der Waals surface area contributed by atoms with Gasteiger partial charge in [-0.2, -0.15) is 11.8 Å². The predicted octanol–water partition coefficient (Wildman–Crippen LogP) is 2.80. The zero-order valence-electron chi connectivity index (χ0n) is 10.0. The Balaban J connectivity index is 2.83. The van der Waals surface area contributed by atoms with E-state index in [1.54, 1.807) is 23.9 Å². The topological polar surface area (TPSA) is 67.2 Å². The lowest BCUT2D eigenvalue weighted by atomic mass is 10.2. The second-order valence-electron chi connectivity index (χ2n) is 3.48. The molecule has 0 aromatic heterocycles. The van der Waals surface area contributed by atoms with Gasteiger partial charge >= 0.3 is 0 Å². The van der Waals surface area contributed by atoms with Crippen molar-refractivity contribution in [2.24, 2.45) is 0 Å². The summed E-state index contributed by atoms with van der Waals surface area (Å²) in [5.74, 6) is 0.971. The molecule has 2 N–H and O–H groups in total. The Morgan fingerprint density at radius 1 is 1.29 bits per heavy atom. The minimum Gasteiger partial charge on any atom is -0.385 e. The fraction of sp³-hybridized carbons (Fsp3) is 0.455. The summed E-state index contributed by atoms with van der Waals surface area (Å²) in [4.78, 5) is 10.4. The van der Waals surface area contributed by atoms with Crippen molar-refractivity contribution in [3.63, 3.8) is 0 Å². The number of benzene rings is 1. The summed E-state index contributed by atoms with van der Waals surface area (Å²) in [6.45, 7) is 3.50. The molecule has 0 fully saturated rings. The van der Waals surface area contributed by atoms with Crippen molar-refractivity contribution in [3.05, 3.63) is 28.3 Å². The maximum atomic E-state index is 10.8. The van der Waals surface area contributed by atoms with Crippen LogP contribution in [0.1, 0.15) is 6.92 Å². The summed E-state index contributed by atoms with van der Waals surface area (Å²) >= 11 is 1.73. The van der Waals surface area contributed by atoms with Gasteiger partial charge in [0.05, 0.1) is 4.92 Å². The second kappa shape index (κ2) is 7.01. The van der Waals surface area contributed by atoms with Crippen molar-refractivity contribution in [1.29, 1.82) is 0 Å². The van der Waals surface area contributed by atoms with Crippen LogP contribution in [0.2, 0.25) is 0 Å². The van der Waals surface area contributed by atoms with Gasteiger partial charge in [-0.3, -0.25) is 10.1 Å². The van der Waals surface area contributed by atoms with Crippen molar-refractivity contribution < 1.29 is 4.92 Å². The van der Waals surface area contributed by atoms with E-state index in [2.05, 4.69) is 10.6 Å². The van der Waals surface area contributed by atoms with Gasteiger partial charge < -0.3 is 10.6 Å². The molecule has 0 aliphatic heterocycles. The van der Waals surface area contributed by atoms with Gasteiger partial charge in [0.1, 0.15) is 0 Å².